The number of carbonyl (C=O) groups excluding carboxylic acids is 1. The van der Waals surface area contributed by atoms with Gasteiger partial charge < -0.3 is 10.1 Å². The number of ether oxygens (including phenoxy) is 1. The van der Waals surface area contributed by atoms with Gasteiger partial charge in [-0.1, -0.05) is 6.07 Å². The third-order valence-electron chi connectivity index (χ3n) is 2.69. The van der Waals surface area contributed by atoms with E-state index in [1.54, 1.807) is 12.1 Å². The average Bonchev–Trinajstić information content (AvgIpc) is 2.26. The van der Waals surface area contributed by atoms with Crippen LogP contribution >= 0.6 is 0 Å². The van der Waals surface area contributed by atoms with E-state index in [2.05, 4.69) is 5.32 Å². The second-order valence-electron chi connectivity index (χ2n) is 4.37. The van der Waals surface area contributed by atoms with Crippen molar-refractivity contribution in [3.63, 3.8) is 0 Å². The van der Waals surface area contributed by atoms with Crippen LogP contribution in [0.25, 0.3) is 0 Å². The normalized spacial score (nSPS) is 20.3. The van der Waals surface area contributed by atoms with Gasteiger partial charge in [-0.05, 0) is 26.0 Å². The summed E-state index contributed by atoms with van der Waals surface area (Å²) < 4.78 is 29.2. The molecule has 1 aromatic carbocycles. The van der Waals surface area contributed by atoms with Crippen molar-refractivity contribution in [3.8, 4) is 5.75 Å². The average molecular weight is 255 g/mol. The lowest BCUT2D eigenvalue weighted by atomic mass is 10.1. The minimum Gasteiger partial charge on any atom is -0.495 e. The van der Waals surface area contributed by atoms with Crippen molar-refractivity contribution in [1.29, 1.82) is 0 Å². The van der Waals surface area contributed by atoms with E-state index in [0.717, 1.165) is 0 Å². The van der Waals surface area contributed by atoms with Crippen LogP contribution in [-0.2, 0) is 14.6 Å². The van der Waals surface area contributed by atoms with E-state index >= 15 is 0 Å². The maximum atomic E-state index is 12.0. The van der Waals surface area contributed by atoms with Gasteiger partial charge in [0, 0.05) is 0 Å². The van der Waals surface area contributed by atoms with Crippen LogP contribution in [0.2, 0.25) is 0 Å². The van der Waals surface area contributed by atoms with Gasteiger partial charge in [-0.3, -0.25) is 4.79 Å². The molecule has 0 atom stereocenters. The summed E-state index contributed by atoms with van der Waals surface area (Å²) in [6.07, 6.45) is 0. The molecule has 1 aliphatic heterocycles. The predicted molar refractivity (Wildman–Crippen MR) is 62.9 cm³/mol. The molecule has 6 heteroatoms. The number of anilines is 1. The summed E-state index contributed by atoms with van der Waals surface area (Å²) in [5.74, 6) is 0.409. The zero-order valence-corrected chi connectivity index (χ0v) is 10.6. The van der Waals surface area contributed by atoms with Gasteiger partial charge in [0.05, 0.1) is 12.8 Å². The largest absolute Gasteiger partial charge is 0.495 e. The number of benzene rings is 1. The maximum Gasteiger partial charge on any atom is 0.275 e. The van der Waals surface area contributed by atoms with E-state index in [-0.39, 0.29) is 4.90 Å². The molecule has 0 bridgehead atoms. The molecule has 0 aliphatic carbocycles. The van der Waals surface area contributed by atoms with Crippen LogP contribution < -0.4 is 10.1 Å². The third kappa shape index (κ3) is 1.59. The van der Waals surface area contributed by atoms with Gasteiger partial charge in [-0.25, -0.2) is 8.42 Å². The van der Waals surface area contributed by atoms with Gasteiger partial charge in [0.25, 0.3) is 5.12 Å². The lowest BCUT2D eigenvalue weighted by Gasteiger charge is -2.32. The summed E-state index contributed by atoms with van der Waals surface area (Å²) in [6.45, 7) is 3.06. The van der Waals surface area contributed by atoms with Crippen LogP contribution in [0.5, 0.6) is 5.75 Å². The van der Waals surface area contributed by atoms with E-state index < -0.39 is 20.5 Å². The zero-order chi connectivity index (χ0) is 12.8. The molecule has 1 aliphatic rings. The minimum absolute atomic E-state index is 0.0267. The van der Waals surface area contributed by atoms with Gasteiger partial charge >= 0.3 is 0 Å². The quantitative estimate of drug-likeness (QED) is 0.816. The van der Waals surface area contributed by atoms with Crippen molar-refractivity contribution < 1.29 is 17.9 Å². The van der Waals surface area contributed by atoms with Gasteiger partial charge in [-0.15, -0.1) is 0 Å². The first-order chi connectivity index (χ1) is 7.80. The summed E-state index contributed by atoms with van der Waals surface area (Å²) >= 11 is 0. The number of methoxy groups -OCH3 is 1. The second-order valence-corrected chi connectivity index (χ2v) is 6.19. The Labute approximate surface area is 99.7 Å². The number of rotatable bonds is 1. The summed E-state index contributed by atoms with van der Waals surface area (Å²) in [5, 5.41) is 2.08. The van der Waals surface area contributed by atoms with E-state index in [1.165, 1.54) is 27.0 Å². The highest BCUT2D eigenvalue weighted by Crippen LogP contribution is 2.39. The highest BCUT2D eigenvalue weighted by atomic mass is 32.2. The van der Waals surface area contributed by atoms with Crippen LogP contribution in [-0.4, -0.2) is 26.2 Å². The molecular formula is C11H13NO4S. The van der Waals surface area contributed by atoms with Gasteiger partial charge in [0.15, 0.2) is 0 Å². The number of sulfone groups is 1. The van der Waals surface area contributed by atoms with Crippen molar-refractivity contribution in [3.05, 3.63) is 18.2 Å². The first-order valence-corrected chi connectivity index (χ1v) is 6.54. The molecule has 17 heavy (non-hydrogen) atoms. The van der Waals surface area contributed by atoms with Crippen LogP contribution in [0.3, 0.4) is 0 Å². The molecule has 0 unspecified atom stereocenters. The van der Waals surface area contributed by atoms with Crippen molar-refractivity contribution in [2.45, 2.75) is 24.3 Å². The molecule has 0 aromatic heterocycles. The van der Waals surface area contributed by atoms with Crippen molar-refractivity contribution >= 4 is 20.6 Å². The predicted octanol–water partition coefficient (Wildman–Crippen LogP) is 1.20. The molecule has 0 fully saturated rings. The SMILES string of the molecule is COc1cccc2c1NC(C)(C)C(=O)S2(=O)=O. The van der Waals surface area contributed by atoms with E-state index in [9.17, 15) is 13.2 Å². The highest BCUT2D eigenvalue weighted by Gasteiger charge is 2.45. The Balaban J connectivity index is 2.79. The fourth-order valence-corrected chi connectivity index (χ4v) is 3.43. The van der Waals surface area contributed by atoms with Gasteiger partial charge in [0.2, 0.25) is 9.84 Å². The lowest BCUT2D eigenvalue weighted by Crippen LogP contribution is -2.48. The number of hydrogen-bond acceptors (Lipinski definition) is 5. The molecule has 0 amide bonds. The number of para-hydroxylation sites is 1. The molecule has 92 valence electrons. The number of nitrogens with one attached hydrogen (secondary N) is 1. The van der Waals surface area contributed by atoms with E-state index in [0.29, 0.717) is 11.4 Å². The summed E-state index contributed by atoms with van der Waals surface area (Å²) in [4.78, 5) is 11.8. The second kappa shape index (κ2) is 3.46. The molecule has 1 N–H and O–H groups in total. The standard InChI is InChI=1S/C11H13NO4S/c1-11(2)10(13)17(14,15)8-6-4-5-7(16-3)9(8)12-11/h4-6,12H,1-3H3. The Morgan fingerprint density at radius 1 is 1.29 bits per heavy atom. The molecule has 1 aromatic rings. The molecule has 0 radical (unpaired) electrons. The fourth-order valence-electron chi connectivity index (χ4n) is 1.83. The molecule has 0 saturated carbocycles. The zero-order valence-electron chi connectivity index (χ0n) is 9.77. The molecule has 2 rings (SSSR count). The van der Waals surface area contributed by atoms with Gasteiger partial charge in [-0.2, -0.15) is 0 Å². The van der Waals surface area contributed by atoms with Gasteiger partial charge in [0.1, 0.15) is 16.2 Å². The Morgan fingerprint density at radius 3 is 2.53 bits per heavy atom. The van der Waals surface area contributed by atoms with Crippen LogP contribution in [0.4, 0.5) is 5.69 Å². The fraction of sp³-hybridized carbons (Fsp3) is 0.364. The van der Waals surface area contributed by atoms with Crippen molar-refractivity contribution in [2.24, 2.45) is 0 Å². The van der Waals surface area contributed by atoms with Crippen molar-refractivity contribution in [1.82, 2.24) is 0 Å². The van der Waals surface area contributed by atoms with Crippen LogP contribution in [0.1, 0.15) is 13.8 Å². The Hall–Kier alpha value is -1.56. The molecule has 5 nitrogen and oxygen atoms in total. The maximum absolute atomic E-state index is 12.0. The number of fused-ring (bicyclic) bond motifs is 1. The third-order valence-corrected chi connectivity index (χ3v) is 4.61. The van der Waals surface area contributed by atoms with Crippen LogP contribution in [0, 0.1) is 0 Å². The minimum atomic E-state index is -3.94. The van der Waals surface area contributed by atoms with E-state index in [1.807, 2.05) is 0 Å². The summed E-state index contributed by atoms with van der Waals surface area (Å²) in [7, 11) is -2.49. The summed E-state index contributed by atoms with van der Waals surface area (Å²) in [5.41, 5.74) is -0.805. The topological polar surface area (TPSA) is 72.5 Å². The van der Waals surface area contributed by atoms with Crippen molar-refractivity contribution in [2.75, 3.05) is 12.4 Å². The molecule has 0 spiro atoms. The number of carbonyl (C=O) groups is 1. The lowest BCUT2D eigenvalue weighted by molar-refractivity contribution is -0.114. The first kappa shape index (κ1) is 11.9. The molecule has 1 heterocycles. The first-order valence-electron chi connectivity index (χ1n) is 5.05. The monoisotopic (exact) mass is 255 g/mol. The highest BCUT2D eigenvalue weighted by molar-refractivity contribution is 8.06. The molecular weight excluding hydrogens is 242 g/mol. The molecule has 0 saturated heterocycles. The smallest absolute Gasteiger partial charge is 0.275 e. The van der Waals surface area contributed by atoms with Crippen LogP contribution in [0.15, 0.2) is 23.1 Å². The Morgan fingerprint density at radius 2 is 1.94 bits per heavy atom. The Bertz CT molecular complexity index is 589. The summed E-state index contributed by atoms with van der Waals surface area (Å²) in [6, 6.07) is 4.59. The van der Waals surface area contributed by atoms with E-state index in [4.69, 9.17) is 4.74 Å². The Kier molecular flexibility index (Phi) is 2.43. The number of hydrogen-bond donors (Lipinski definition) is 1.